The minimum absolute atomic E-state index is 0.866. The highest BCUT2D eigenvalue weighted by Gasteiger charge is 2.18. The molecule has 0 aliphatic heterocycles. The lowest BCUT2D eigenvalue weighted by atomic mass is 9.96. The van der Waals surface area contributed by atoms with Crippen molar-refractivity contribution in [1.82, 2.24) is 4.98 Å². The number of para-hydroxylation sites is 1. The first-order valence-electron chi connectivity index (χ1n) is 7.96. The van der Waals surface area contributed by atoms with E-state index in [-0.39, 0.29) is 0 Å². The van der Waals surface area contributed by atoms with E-state index < -0.39 is 0 Å². The summed E-state index contributed by atoms with van der Waals surface area (Å²) in [7, 11) is 1.73. The van der Waals surface area contributed by atoms with Crippen molar-refractivity contribution in [1.29, 1.82) is 0 Å². The summed E-state index contributed by atoms with van der Waals surface area (Å²) in [5, 5.41) is 1.03. The fraction of sp³-hybridized carbons (Fsp3) is 0.0455. The van der Waals surface area contributed by atoms with E-state index in [1.807, 2.05) is 54.6 Å². The monoisotopic (exact) mass is 311 g/mol. The minimum Gasteiger partial charge on any atom is -0.495 e. The van der Waals surface area contributed by atoms with E-state index in [0.29, 0.717) is 0 Å². The molecule has 0 radical (unpaired) electrons. The van der Waals surface area contributed by atoms with Crippen LogP contribution < -0.4 is 4.74 Å². The second kappa shape index (κ2) is 6.17. The third-order valence-electron chi connectivity index (χ3n) is 4.16. The molecule has 0 N–H and O–H groups in total. The van der Waals surface area contributed by atoms with Crippen LogP contribution in [0.25, 0.3) is 33.3 Å². The number of benzene rings is 3. The van der Waals surface area contributed by atoms with Crippen LogP contribution in [0.4, 0.5) is 0 Å². The Kier molecular flexibility index (Phi) is 3.72. The molecular formula is C22H17NO. The highest BCUT2D eigenvalue weighted by molar-refractivity contribution is 5.98. The number of aromatic nitrogens is 1. The highest BCUT2D eigenvalue weighted by atomic mass is 16.5. The first-order chi connectivity index (χ1) is 11.9. The molecule has 0 amide bonds. The van der Waals surface area contributed by atoms with Crippen molar-refractivity contribution in [3.63, 3.8) is 0 Å². The van der Waals surface area contributed by atoms with Gasteiger partial charge in [-0.1, -0.05) is 72.8 Å². The van der Waals surface area contributed by atoms with Gasteiger partial charge in [-0.05, 0) is 17.7 Å². The van der Waals surface area contributed by atoms with Gasteiger partial charge in [0.05, 0.1) is 23.9 Å². The van der Waals surface area contributed by atoms with E-state index >= 15 is 0 Å². The fourth-order valence-electron chi connectivity index (χ4n) is 3.07. The molecule has 2 nitrogen and oxygen atoms in total. The van der Waals surface area contributed by atoms with E-state index in [1.54, 1.807) is 7.11 Å². The Morgan fingerprint density at radius 3 is 1.92 bits per heavy atom. The number of fused-ring (bicyclic) bond motifs is 1. The molecule has 4 rings (SSSR count). The van der Waals surface area contributed by atoms with Crippen LogP contribution in [0.5, 0.6) is 5.75 Å². The molecule has 2 heteroatoms. The smallest absolute Gasteiger partial charge is 0.138 e. The van der Waals surface area contributed by atoms with E-state index in [1.165, 1.54) is 0 Å². The van der Waals surface area contributed by atoms with Gasteiger partial charge in [-0.3, -0.25) is 0 Å². The highest BCUT2D eigenvalue weighted by Crippen LogP contribution is 2.42. The Morgan fingerprint density at radius 2 is 1.25 bits per heavy atom. The van der Waals surface area contributed by atoms with Gasteiger partial charge in [0.15, 0.2) is 0 Å². The zero-order chi connectivity index (χ0) is 16.4. The molecule has 24 heavy (non-hydrogen) atoms. The van der Waals surface area contributed by atoms with Crippen molar-refractivity contribution in [2.45, 2.75) is 0 Å². The summed E-state index contributed by atoms with van der Waals surface area (Å²) >= 11 is 0. The second-order valence-corrected chi connectivity index (χ2v) is 5.62. The summed E-state index contributed by atoms with van der Waals surface area (Å²) in [5.41, 5.74) is 5.10. The molecule has 0 spiro atoms. The summed E-state index contributed by atoms with van der Waals surface area (Å²) in [6.07, 6.45) is 0. The largest absolute Gasteiger partial charge is 0.495 e. The van der Waals surface area contributed by atoms with Crippen molar-refractivity contribution in [2.75, 3.05) is 7.11 Å². The van der Waals surface area contributed by atoms with Gasteiger partial charge in [0.2, 0.25) is 0 Å². The van der Waals surface area contributed by atoms with Gasteiger partial charge in [-0.2, -0.15) is 0 Å². The summed E-state index contributed by atoms with van der Waals surface area (Å²) in [5.74, 6) is 0.866. The van der Waals surface area contributed by atoms with Gasteiger partial charge in [-0.15, -0.1) is 0 Å². The van der Waals surface area contributed by atoms with Crippen LogP contribution in [0.3, 0.4) is 0 Å². The molecule has 0 atom stereocenters. The molecule has 1 aromatic heterocycles. The second-order valence-electron chi connectivity index (χ2n) is 5.62. The molecule has 3 aromatic carbocycles. The number of nitrogens with zero attached hydrogens (tertiary/aromatic N) is 1. The predicted molar refractivity (Wildman–Crippen MR) is 99.2 cm³/mol. The number of pyridine rings is 1. The Labute approximate surface area is 141 Å². The van der Waals surface area contributed by atoms with Gasteiger partial charge >= 0.3 is 0 Å². The minimum atomic E-state index is 0.866. The van der Waals surface area contributed by atoms with Crippen molar-refractivity contribution in [2.24, 2.45) is 0 Å². The standard InChI is InChI=1S/C22H17NO/c1-24-22-18-14-8-9-15-19(18)23-21(17-12-6-3-7-13-17)20(22)16-10-4-2-5-11-16/h2-15H,1H3. The number of hydrogen-bond donors (Lipinski definition) is 0. The molecule has 0 saturated heterocycles. The third-order valence-corrected chi connectivity index (χ3v) is 4.16. The van der Waals surface area contributed by atoms with Crippen LogP contribution in [-0.4, -0.2) is 12.1 Å². The van der Waals surface area contributed by atoms with Crippen LogP contribution in [0.15, 0.2) is 84.9 Å². The molecule has 4 aromatic rings. The zero-order valence-electron chi connectivity index (χ0n) is 13.4. The molecular weight excluding hydrogens is 294 g/mol. The van der Waals surface area contributed by atoms with Crippen LogP contribution in [-0.2, 0) is 0 Å². The number of hydrogen-bond acceptors (Lipinski definition) is 2. The Hall–Kier alpha value is -3.13. The van der Waals surface area contributed by atoms with Crippen molar-refractivity contribution < 1.29 is 4.74 Å². The predicted octanol–water partition coefficient (Wildman–Crippen LogP) is 5.58. The number of methoxy groups -OCH3 is 1. The van der Waals surface area contributed by atoms with Gasteiger partial charge < -0.3 is 4.74 Å². The number of rotatable bonds is 3. The SMILES string of the molecule is COc1c(-c2ccccc2)c(-c2ccccc2)nc2ccccc12. The molecule has 0 aliphatic carbocycles. The lowest BCUT2D eigenvalue weighted by Gasteiger charge is -2.16. The maximum absolute atomic E-state index is 5.84. The van der Waals surface area contributed by atoms with E-state index in [9.17, 15) is 0 Å². The molecule has 0 unspecified atom stereocenters. The lowest BCUT2D eigenvalue weighted by Crippen LogP contribution is -1.97. The van der Waals surface area contributed by atoms with E-state index in [4.69, 9.17) is 9.72 Å². The molecule has 0 aliphatic rings. The van der Waals surface area contributed by atoms with E-state index in [0.717, 1.165) is 39.0 Å². The van der Waals surface area contributed by atoms with E-state index in [2.05, 4.69) is 30.3 Å². The Balaban J connectivity index is 2.13. The Morgan fingerprint density at radius 1 is 0.667 bits per heavy atom. The van der Waals surface area contributed by atoms with Gasteiger partial charge in [-0.25, -0.2) is 4.98 Å². The maximum atomic E-state index is 5.84. The molecule has 116 valence electrons. The Bertz CT molecular complexity index is 979. The van der Waals surface area contributed by atoms with Crippen LogP contribution in [0.2, 0.25) is 0 Å². The fourth-order valence-corrected chi connectivity index (χ4v) is 3.07. The van der Waals surface area contributed by atoms with Crippen LogP contribution in [0, 0.1) is 0 Å². The average molecular weight is 311 g/mol. The average Bonchev–Trinajstić information content (AvgIpc) is 2.67. The van der Waals surface area contributed by atoms with Crippen molar-refractivity contribution >= 4 is 10.9 Å². The summed E-state index contributed by atoms with van der Waals surface area (Å²) in [6.45, 7) is 0. The lowest BCUT2D eigenvalue weighted by molar-refractivity contribution is 0.421. The first kappa shape index (κ1) is 14.5. The molecule has 0 saturated carbocycles. The molecule has 1 heterocycles. The zero-order valence-corrected chi connectivity index (χ0v) is 13.4. The summed E-state index contributed by atoms with van der Waals surface area (Å²) < 4.78 is 5.84. The van der Waals surface area contributed by atoms with Crippen LogP contribution in [0.1, 0.15) is 0 Å². The number of ether oxygens (including phenoxy) is 1. The van der Waals surface area contributed by atoms with Gasteiger partial charge in [0.25, 0.3) is 0 Å². The molecule has 0 bridgehead atoms. The molecule has 0 fully saturated rings. The van der Waals surface area contributed by atoms with Crippen LogP contribution >= 0.6 is 0 Å². The van der Waals surface area contributed by atoms with Crippen molar-refractivity contribution in [3.05, 3.63) is 84.9 Å². The maximum Gasteiger partial charge on any atom is 0.138 e. The normalized spacial score (nSPS) is 10.7. The van der Waals surface area contributed by atoms with Gasteiger partial charge in [0, 0.05) is 10.9 Å². The third kappa shape index (κ3) is 2.42. The summed E-state index contributed by atoms with van der Waals surface area (Å²) in [6, 6.07) is 28.7. The first-order valence-corrected chi connectivity index (χ1v) is 7.96. The summed E-state index contributed by atoms with van der Waals surface area (Å²) in [4.78, 5) is 4.95. The quantitative estimate of drug-likeness (QED) is 0.493. The van der Waals surface area contributed by atoms with Gasteiger partial charge in [0.1, 0.15) is 5.75 Å². The topological polar surface area (TPSA) is 22.1 Å². The van der Waals surface area contributed by atoms with Crippen molar-refractivity contribution in [3.8, 4) is 28.1 Å².